The summed E-state index contributed by atoms with van der Waals surface area (Å²) in [6.45, 7) is 3.03. The van der Waals surface area contributed by atoms with Crippen LogP contribution in [-0.4, -0.2) is 30.4 Å². The Labute approximate surface area is 172 Å². The standard InChI is InChI=1S/C25H28N2O2/c28-18-27(16-19-6-2-1-3-7-19)22-9-10-25-23(15-22)24(17-29-25)20-11-13-26-12-5-4-8-21(26)14-20/h1-3,6-7,9-10,15,17-18,20-21H,4-5,8,11-14,16H2. The lowest BCUT2D eigenvalue weighted by Gasteiger charge is -2.42. The second kappa shape index (κ2) is 8.03. The number of amides is 1. The van der Waals surface area contributed by atoms with Gasteiger partial charge in [-0.05, 0) is 68.5 Å². The van der Waals surface area contributed by atoms with Crippen LogP contribution in [-0.2, 0) is 11.3 Å². The van der Waals surface area contributed by atoms with Crippen LogP contribution >= 0.6 is 0 Å². The first-order valence-electron chi connectivity index (χ1n) is 10.8. The second-order valence-corrected chi connectivity index (χ2v) is 8.50. The van der Waals surface area contributed by atoms with Crippen molar-refractivity contribution < 1.29 is 9.21 Å². The maximum Gasteiger partial charge on any atom is 0.214 e. The lowest BCUT2D eigenvalue weighted by molar-refractivity contribution is -0.107. The highest BCUT2D eigenvalue weighted by Crippen LogP contribution is 2.40. The number of anilines is 1. The van der Waals surface area contributed by atoms with E-state index in [1.54, 1.807) is 4.90 Å². The van der Waals surface area contributed by atoms with Crippen molar-refractivity contribution in [1.29, 1.82) is 0 Å². The molecule has 0 radical (unpaired) electrons. The van der Waals surface area contributed by atoms with Gasteiger partial charge in [0.2, 0.25) is 6.41 Å². The largest absolute Gasteiger partial charge is 0.464 e. The van der Waals surface area contributed by atoms with Gasteiger partial charge in [-0.1, -0.05) is 36.8 Å². The van der Waals surface area contributed by atoms with Gasteiger partial charge in [-0.3, -0.25) is 4.79 Å². The van der Waals surface area contributed by atoms with Crippen molar-refractivity contribution in [1.82, 2.24) is 4.90 Å². The maximum atomic E-state index is 11.8. The van der Waals surface area contributed by atoms with Crippen molar-refractivity contribution in [2.24, 2.45) is 0 Å². The van der Waals surface area contributed by atoms with Gasteiger partial charge in [0.05, 0.1) is 12.8 Å². The Bertz CT molecular complexity index is 981. The molecule has 4 heteroatoms. The summed E-state index contributed by atoms with van der Waals surface area (Å²) in [7, 11) is 0. The average molecular weight is 389 g/mol. The third kappa shape index (κ3) is 3.69. The zero-order chi connectivity index (χ0) is 19.6. The van der Waals surface area contributed by atoms with Crippen LogP contribution in [0.4, 0.5) is 5.69 Å². The Hall–Kier alpha value is -2.59. The second-order valence-electron chi connectivity index (χ2n) is 8.50. The highest BCUT2D eigenvalue weighted by molar-refractivity contribution is 5.88. The van der Waals surface area contributed by atoms with Crippen molar-refractivity contribution in [2.45, 2.75) is 50.6 Å². The summed E-state index contributed by atoms with van der Waals surface area (Å²) in [5.74, 6) is 0.546. The molecule has 0 bridgehead atoms. The lowest BCUT2D eigenvalue weighted by atomic mass is 9.82. The van der Waals surface area contributed by atoms with E-state index >= 15 is 0 Å². The molecule has 29 heavy (non-hydrogen) atoms. The maximum absolute atomic E-state index is 11.8. The number of carbonyl (C=O) groups is 1. The van der Waals surface area contributed by atoms with E-state index in [4.69, 9.17) is 4.42 Å². The summed E-state index contributed by atoms with van der Waals surface area (Å²) in [4.78, 5) is 16.3. The number of furan rings is 1. The molecule has 2 aliphatic rings. The first kappa shape index (κ1) is 18.4. The summed E-state index contributed by atoms with van der Waals surface area (Å²) in [6, 6.07) is 17.0. The van der Waals surface area contributed by atoms with Crippen molar-refractivity contribution in [3.63, 3.8) is 0 Å². The summed E-state index contributed by atoms with van der Waals surface area (Å²) in [6.07, 6.45) is 9.33. The molecule has 2 aromatic carbocycles. The van der Waals surface area contributed by atoms with E-state index in [-0.39, 0.29) is 0 Å². The third-order valence-electron chi connectivity index (χ3n) is 6.75. The highest BCUT2D eigenvalue weighted by Gasteiger charge is 2.32. The predicted molar refractivity (Wildman–Crippen MR) is 116 cm³/mol. The molecule has 0 aliphatic carbocycles. The number of benzene rings is 2. The highest BCUT2D eigenvalue weighted by atomic mass is 16.3. The molecule has 5 rings (SSSR count). The molecule has 2 fully saturated rings. The van der Waals surface area contributed by atoms with E-state index in [2.05, 4.69) is 23.1 Å². The minimum atomic E-state index is 0.546. The van der Waals surface area contributed by atoms with Crippen LogP contribution in [0.5, 0.6) is 0 Å². The zero-order valence-corrected chi connectivity index (χ0v) is 16.8. The quantitative estimate of drug-likeness (QED) is 0.555. The molecular formula is C25H28N2O2. The fourth-order valence-electron chi connectivity index (χ4n) is 5.17. The molecule has 0 saturated carbocycles. The van der Waals surface area contributed by atoms with E-state index in [0.717, 1.165) is 34.7 Å². The molecular weight excluding hydrogens is 360 g/mol. The van der Waals surface area contributed by atoms with Crippen molar-refractivity contribution in [3.05, 3.63) is 65.9 Å². The number of piperidine rings is 2. The van der Waals surface area contributed by atoms with Crippen LogP contribution in [0, 0.1) is 0 Å². The smallest absolute Gasteiger partial charge is 0.214 e. The number of fused-ring (bicyclic) bond motifs is 2. The SMILES string of the molecule is O=CN(Cc1ccccc1)c1ccc2occ(C3CCN4CCCCC4C3)c2c1. The molecule has 2 atom stereocenters. The molecule has 2 aliphatic heterocycles. The van der Waals surface area contributed by atoms with Crippen LogP contribution in [0.15, 0.2) is 59.2 Å². The fourth-order valence-corrected chi connectivity index (χ4v) is 5.17. The van der Waals surface area contributed by atoms with Gasteiger partial charge in [-0.2, -0.15) is 0 Å². The monoisotopic (exact) mass is 388 g/mol. The summed E-state index contributed by atoms with van der Waals surface area (Å²) >= 11 is 0. The van der Waals surface area contributed by atoms with E-state index < -0.39 is 0 Å². The Balaban J connectivity index is 1.42. The Morgan fingerprint density at radius 2 is 1.97 bits per heavy atom. The predicted octanol–water partition coefficient (Wildman–Crippen LogP) is 5.33. The molecule has 2 unspecified atom stereocenters. The van der Waals surface area contributed by atoms with Crippen molar-refractivity contribution >= 4 is 23.1 Å². The van der Waals surface area contributed by atoms with Gasteiger partial charge >= 0.3 is 0 Å². The Morgan fingerprint density at radius 1 is 1.07 bits per heavy atom. The minimum Gasteiger partial charge on any atom is -0.464 e. The minimum absolute atomic E-state index is 0.546. The van der Waals surface area contributed by atoms with Gasteiger partial charge in [0.1, 0.15) is 5.58 Å². The van der Waals surface area contributed by atoms with Crippen LogP contribution in [0.2, 0.25) is 0 Å². The van der Waals surface area contributed by atoms with Crippen LogP contribution in [0.25, 0.3) is 11.0 Å². The van der Waals surface area contributed by atoms with Crippen LogP contribution < -0.4 is 4.90 Å². The molecule has 150 valence electrons. The van der Waals surface area contributed by atoms with Crippen LogP contribution in [0.3, 0.4) is 0 Å². The molecule has 3 aromatic rings. The van der Waals surface area contributed by atoms with Gasteiger partial charge < -0.3 is 14.2 Å². The normalized spacial score (nSPS) is 22.3. The average Bonchev–Trinajstić information content (AvgIpc) is 3.21. The number of rotatable bonds is 5. The van der Waals surface area contributed by atoms with Gasteiger partial charge in [-0.15, -0.1) is 0 Å². The van der Waals surface area contributed by atoms with Crippen molar-refractivity contribution in [3.8, 4) is 0 Å². The van der Waals surface area contributed by atoms with Gasteiger partial charge in [0.15, 0.2) is 0 Å². The van der Waals surface area contributed by atoms with Gasteiger partial charge in [-0.25, -0.2) is 0 Å². The van der Waals surface area contributed by atoms with Crippen LogP contribution in [0.1, 0.15) is 49.1 Å². The first-order chi connectivity index (χ1) is 14.3. The van der Waals surface area contributed by atoms with Crippen molar-refractivity contribution in [2.75, 3.05) is 18.0 Å². The molecule has 1 aromatic heterocycles. The molecule has 0 spiro atoms. The molecule has 0 N–H and O–H groups in total. The molecule has 2 saturated heterocycles. The Morgan fingerprint density at radius 3 is 2.83 bits per heavy atom. The van der Waals surface area contributed by atoms with Gasteiger partial charge in [0, 0.05) is 22.7 Å². The van der Waals surface area contributed by atoms with E-state index in [9.17, 15) is 4.79 Å². The summed E-state index contributed by atoms with van der Waals surface area (Å²) in [5, 5.41) is 1.16. The van der Waals surface area contributed by atoms with Gasteiger partial charge in [0.25, 0.3) is 0 Å². The number of hydrogen-bond acceptors (Lipinski definition) is 3. The Kier molecular flexibility index (Phi) is 5.11. The fraction of sp³-hybridized carbons (Fsp3) is 0.400. The first-order valence-corrected chi connectivity index (χ1v) is 10.8. The van der Waals surface area contributed by atoms with E-state index in [1.165, 1.54) is 50.8 Å². The van der Waals surface area contributed by atoms with E-state index in [0.29, 0.717) is 12.5 Å². The molecule has 4 nitrogen and oxygen atoms in total. The third-order valence-corrected chi connectivity index (χ3v) is 6.75. The molecule has 3 heterocycles. The van der Waals surface area contributed by atoms with E-state index in [1.807, 2.05) is 36.6 Å². The summed E-state index contributed by atoms with van der Waals surface area (Å²) in [5.41, 5.74) is 4.28. The lowest BCUT2D eigenvalue weighted by Crippen LogP contribution is -2.44. The number of carbonyl (C=O) groups excluding carboxylic acids is 1. The zero-order valence-electron chi connectivity index (χ0n) is 16.8. The molecule has 1 amide bonds. The topological polar surface area (TPSA) is 36.7 Å². The number of hydrogen-bond donors (Lipinski definition) is 0. The summed E-state index contributed by atoms with van der Waals surface area (Å²) < 4.78 is 5.90. The number of nitrogens with zero attached hydrogens (tertiary/aromatic N) is 2.